The molecule has 3 heteroatoms. The number of aryl methyl sites for hydroxylation is 1. The van der Waals surface area contributed by atoms with Crippen molar-refractivity contribution in [3.8, 4) is 11.3 Å². The van der Waals surface area contributed by atoms with Gasteiger partial charge in [-0.3, -0.25) is 4.79 Å². The molecular formula is C19H25NO2. The van der Waals surface area contributed by atoms with Crippen LogP contribution in [0.25, 0.3) is 11.3 Å². The van der Waals surface area contributed by atoms with Gasteiger partial charge in [-0.05, 0) is 44.9 Å². The molecule has 0 fully saturated rings. The van der Waals surface area contributed by atoms with Crippen LogP contribution in [0, 0.1) is 6.92 Å². The van der Waals surface area contributed by atoms with Crippen LogP contribution in [0.5, 0.6) is 0 Å². The Morgan fingerprint density at radius 1 is 1.09 bits per heavy atom. The highest BCUT2D eigenvalue weighted by Crippen LogP contribution is 2.23. The van der Waals surface area contributed by atoms with Gasteiger partial charge in [0.25, 0.3) is 5.56 Å². The maximum atomic E-state index is 12.8. The number of aromatic nitrogens is 1. The van der Waals surface area contributed by atoms with E-state index in [0.29, 0.717) is 12.1 Å². The van der Waals surface area contributed by atoms with Crippen molar-refractivity contribution < 1.29 is 5.11 Å². The zero-order valence-electron chi connectivity index (χ0n) is 13.9. The molecule has 0 spiro atoms. The number of rotatable bonds is 5. The van der Waals surface area contributed by atoms with Gasteiger partial charge < -0.3 is 9.67 Å². The van der Waals surface area contributed by atoms with Gasteiger partial charge in [-0.15, -0.1) is 0 Å². The van der Waals surface area contributed by atoms with E-state index in [1.807, 2.05) is 37.3 Å². The molecule has 2 aromatic rings. The maximum Gasteiger partial charge on any atom is 0.257 e. The lowest BCUT2D eigenvalue weighted by molar-refractivity contribution is 0.0765. The lowest BCUT2D eigenvalue weighted by Crippen LogP contribution is -2.32. The van der Waals surface area contributed by atoms with Crippen LogP contribution in [-0.2, 0) is 12.1 Å². The highest BCUT2D eigenvalue weighted by Gasteiger charge is 2.22. The van der Waals surface area contributed by atoms with Crippen LogP contribution in [0.15, 0.2) is 41.2 Å². The van der Waals surface area contributed by atoms with Gasteiger partial charge >= 0.3 is 0 Å². The van der Waals surface area contributed by atoms with E-state index in [9.17, 15) is 9.90 Å². The highest BCUT2D eigenvalue weighted by molar-refractivity contribution is 5.60. The number of unbranched alkanes of at least 4 members (excludes halogenated alkanes) is 1. The van der Waals surface area contributed by atoms with Gasteiger partial charge in [0, 0.05) is 12.1 Å². The van der Waals surface area contributed by atoms with Crippen molar-refractivity contribution >= 4 is 0 Å². The Morgan fingerprint density at radius 3 is 2.27 bits per heavy atom. The molecule has 0 atom stereocenters. The third-order valence-electron chi connectivity index (χ3n) is 3.92. The van der Waals surface area contributed by atoms with E-state index in [2.05, 4.69) is 6.92 Å². The fraction of sp³-hybridized carbons (Fsp3) is 0.421. The zero-order valence-corrected chi connectivity index (χ0v) is 13.9. The SMILES string of the molecule is CCCCn1c(-c2ccc(C)cc2)ccc(C(C)(C)O)c1=O. The standard InChI is InChI=1S/C19H25NO2/c1-5-6-13-20-17(15-9-7-14(2)8-10-15)12-11-16(18(20)21)19(3,4)22/h7-12,22H,5-6,13H2,1-4H3. The van der Waals surface area contributed by atoms with E-state index in [-0.39, 0.29) is 5.56 Å². The Morgan fingerprint density at radius 2 is 1.73 bits per heavy atom. The van der Waals surface area contributed by atoms with Crippen molar-refractivity contribution in [1.29, 1.82) is 0 Å². The molecule has 0 aliphatic rings. The summed E-state index contributed by atoms with van der Waals surface area (Å²) in [6.45, 7) is 8.13. The second kappa shape index (κ2) is 6.49. The predicted molar refractivity (Wildman–Crippen MR) is 91.0 cm³/mol. The zero-order chi connectivity index (χ0) is 16.3. The Kier molecular flexibility index (Phi) is 4.87. The smallest absolute Gasteiger partial charge is 0.257 e. The van der Waals surface area contributed by atoms with E-state index in [0.717, 1.165) is 24.1 Å². The fourth-order valence-corrected chi connectivity index (χ4v) is 2.56. The number of hydrogen-bond acceptors (Lipinski definition) is 2. The van der Waals surface area contributed by atoms with E-state index in [4.69, 9.17) is 0 Å². The molecule has 0 radical (unpaired) electrons. The second-order valence-corrected chi connectivity index (χ2v) is 6.37. The molecular weight excluding hydrogens is 274 g/mol. The lowest BCUT2D eigenvalue weighted by atomic mass is 9.98. The maximum absolute atomic E-state index is 12.8. The average molecular weight is 299 g/mol. The molecule has 0 saturated heterocycles. The number of pyridine rings is 1. The molecule has 118 valence electrons. The summed E-state index contributed by atoms with van der Waals surface area (Å²) in [6, 6.07) is 11.9. The molecule has 0 aliphatic heterocycles. The van der Waals surface area contributed by atoms with Crippen LogP contribution in [0.1, 0.15) is 44.7 Å². The average Bonchev–Trinajstić information content (AvgIpc) is 2.45. The molecule has 2 rings (SSSR count). The molecule has 0 unspecified atom stereocenters. The van der Waals surface area contributed by atoms with Gasteiger partial charge in [0.15, 0.2) is 0 Å². The summed E-state index contributed by atoms with van der Waals surface area (Å²) in [4.78, 5) is 12.8. The Labute approximate surface area is 132 Å². The number of benzene rings is 1. The summed E-state index contributed by atoms with van der Waals surface area (Å²) in [6.07, 6.45) is 1.96. The highest BCUT2D eigenvalue weighted by atomic mass is 16.3. The van der Waals surface area contributed by atoms with Gasteiger partial charge in [0.05, 0.1) is 11.3 Å². The first-order valence-electron chi connectivity index (χ1n) is 7.88. The van der Waals surface area contributed by atoms with Crippen molar-refractivity contribution in [1.82, 2.24) is 4.57 Å². The largest absolute Gasteiger partial charge is 0.386 e. The quantitative estimate of drug-likeness (QED) is 0.911. The van der Waals surface area contributed by atoms with Crippen LogP contribution < -0.4 is 5.56 Å². The first kappa shape index (κ1) is 16.5. The minimum absolute atomic E-state index is 0.0981. The first-order chi connectivity index (χ1) is 10.3. The lowest BCUT2D eigenvalue weighted by Gasteiger charge is -2.21. The molecule has 1 N–H and O–H groups in total. The topological polar surface area (TPSA) is 42.2 Å². The molecule has 1 aromatic carbocycles. The van der Waals surface area contributed by atoms with Gasteiger partial charge in [-0.25, -0.2) is 0 Å². The summed E-state index contributed by atoms with van der Waals surface area (Å²) in [5.41, 5.74) is 2.35. The number of aliphatic hydroxyl groups is 1. The molecule has 1 aromatic heterocycles. The third-order valence-corrected chi connectivity index (χ3v) is 3.92. The van der Waals surface area contributed by atoms with Crippen LogP contribution in [0.4, 0.5) is 0 Å². The molecule has 22 heavy (non-hydrogen) atoms. The minimum Gasteiger partial charge on any atom is -0.386 e. The molecule has 1 heterocycles. The molecule has 0 saturated carbocycles. The Hall–Kier alpha value is -1.87. The predicted octanol–water partition coefficient (Wildman–Crippen LogP) is 3.85. The van der Waals surface area contributed by atoms with Gasteiger partial charge in [0.2, 0.25) is 0 Å². The molecule has 0 aliphatic carbocycles. The van der Waals surface area contributed by atoms with Crippen LogP contribution in [0.2, 0.25) is 0 Å². The number of hydrogen-bond donors (Lipinski definition) is 1. The van der Waals surface area contributed by atoms with Crippen molar-refractivity contribution in [2.75, 3.05) is 0 Å². The van der Waals surface area contributed by atoms with E-state index in [1.54, 1.807) is 24.5 Å². The fourth-order valence-electron chi connectivity index (χ4n) is 2.56. The van der Waals surface area contributed by atoms with Crippen molar-refractivity contribution in [2.45, 2.75) is 52.7 Å². The van der Waals surface area contributed by atoms with E-state index < -0.39 is 5.60 Å². The second-order valence-electron chi connectivity index (χ2n) is 6.37. The summed E-state index contributed by atoms with van der Waals surface area (Å²) in [7, 11) is 0. The van der Waals surface area contributed by atoms with Gasteiger partial charge in [-0.1, -0.05) is 43.2 Å². The van der Waals surface area contributed by atoms with Crippen molar-refractivity contribution in [3.63, 3.8) is 0 Å². The summed E-state index contributed by atoms with van der Waals surface area (Å²) in [5.74, 6) is 0. The molecule has 0 bridgehead atoms. The van der Waals surface area contributed by atoms with Crippen LogP contribution in [-0.4, -0.2) is 9.67 Å². The summed E-state index contributed by atoms with van der Waals surface area (Å²) >= 11 is 0. The minimum atomic E-state index is -1.13. The third kappa shape index (κ3) is 3.47. The van der Waals surface area contributed by atoms with E-state index in [1.165, 1.54) is 5.56 Å². The van der Waals surface area contributed by atoms with Gasteiger partial charge in [-0.2, -0.15) is 0 Å². The summed E-state index contributed by atoms with van der Waals surface area (Å²) in [5, 5.41) is 10.2. The Balaban J connectivity index is 2.61. The summed E-state index contributed by atoms with van der Waals surface area (Å²) < 4.78 is 1.79. The monoisotopic (exact) mass is 299 g/mol. The first-order valence-corrected chi connectivity index (χ1v) is 7.88. The van der Waals surface area contributed by atoms with Crippen LogP contribution in [0.3, 0.4) is 0 Å². The van der Waals surface area contributed by atoms with Gasteiger partial charge in [0.1, 0.15) is 0 Å². The van der Waals surface area contributed by atoms with Crippen molar-refractivity contribution in [2.24, 2.45) is 0 Å². The molecule has 3 nitrogen and oxygen atoms in total. The van der Waals surface area contributed by atoms with Crippen LogP contribution >= 0.6 is 0 Å². The molecule has 0 amide bonds. The van der Waals surface area contributed by atoms with Crippen molar-refractivity contribution in [3.05, 3.63) is 57.9 Å². The number of nitrogens with zero attached hydrogens (tertiary/aromatic N) is 1. The van der Waals surface area contributed by atoms with E-state index >= 15 is 0 Å². The Bertz CT molecular complexity index is 691. The normalized spacial score (nSPS) is 11.7.